The van der Waals surface area contributed by atoms with Gasteiger partial charge in [0.15, 0.2) is 4.90 Å². The van der Waals surface area contributed by atoms with Crippen LogP contribution in [0, 0.1) is 18.3 Å². The van der Waals surface area contributed by atoms with Crippen LogP contribution in [0.25, 0.3) is 5.57 Å². The molecule has 6 nitrogen and oxygen atoms in total. The summed E-state index contributed by atoms with van der Waals surface area (Å²) in [4.78, 5) is 11.5. The molecule has 2 aromatic rings. The Morgan fingerprint density at radius 3 is 2.59 bits per heavy atom. The summed E-state index contributed by atoms with van der Waals surface area (Å²) < 4.78 is 20.5. The van der Waals surface area contributed by atoms with Gasteiger partial charge in [0.05, 0.1) is 18.7 Å². The number of benzene rings is 2. The Hall–Kier alpha value is -2.95. The summed E-state index contributed by atoms with van der Waals surface area (Å²) in [6.07, 6.45) is 1.81. The lowest BCUT2D eigenvalue weighted by Gasteiger charge is -2.14. The molecule has 0 aliphatic carbocycles. The third-order valence-corrected chi connectivity index (χ3v) is 4.97. The van der Waals surface area contributed by atoms with E-state index in [1.54, 1.807) is 37.6 Å². The first kappa shape index (κ1) is 20.4. The fourth-order valence-electron chi connectivity index (χ4n) is 2.45. The van der Waals surface area contributed by atoms with E-state index in [4.69, 9.17) is 15.1 Å². The van der Waals surface area contributed by atoms with Gasteiger partial charge >= 0.3 is 5.97 Å². The average molecular weight is 384 g/mol. The Kier molecular flexibility index (Phi) is 7.29. The highest BCUT2D eigenvalue weighted by Gasteiger charge is 2.13. The van der Waals surface area contributed by atoms with E-state index in [1.165, 1.54) is 0 Å². The zero-order chi connectivity index (χ0) is 19.8. The SMILES string of the molecule is COc1ccc(C)c(/C(=C\N[S+]([O-])c2ccc(C#N)cc2)CCC(=O)O)c1. The van der Waals surface area contributed by atoms with Gasteiger partial charge in [0.1, 0.15) is 17.1 Å². The van der Waals surface area contributed by atoms with Crippen molar-refractivity contribution < 1.29 is 19.2 Å². The van der Waals surface area contributed by atoms with E-state index in [0.29, 0.717) is 16.2 Å². The molecule has 140 valence electrons. The second kappa shape index (κ2) is 9.67. The molecular weight excluding hydrogens is 364 g/mol. The van der Waals surface area contributed by atoms with E-state index in [0.717, 1.165) is 16.7 Å². The minimum atomic E-state index is -1.53. The molecule has 2 rings (SSSR count). The standard InChI is InChI=1S/C20H20N2O4S/c1-14-3-7-17(26-2)11-19(14)16(6-10-20(23)24)13-22-27(25)18-8-4-15(12-21)5-9-18/h3-5,7-9,11,13,22H,6,10H2,1-2H3,(H,23,24)/b16-13-. The fourth-order valence-corrected chi connectivity index (χ4v) is 3.21. The van der Waals surface area contributed by atoms with Crippen LogP contribution >= 0.6 is 0 Å². The lowest BCUT2D eigenvalue weighted by molar-refractivity contribution is -0.136. The van der Waals surface area contributed by atoms with Gasteiger partial charge in [-0.3, -0.25) is 4.79 Å². The number of allylic oxidation sites excluding steroid dienone is 1. The van der Waals surface area contributed by atoms with Crippen LogP contribution in [0.1, 0.15) is 29.5 Å². The van der Waals surface area contributed by atoms with Crippen molar-refractivity contribution in [3.63, 3.8) is 0 Å². The smallest absolute Gasteiger partial charge is 0.303 e. The third kappa shape index (κ3) is 5.78. The first-order chi connectivity index (χ1) is 12.9. The van der Waals surface area contributed by atoms with Crippen molar-refractivity contribution in [3.8, 4) is 11.8 Å². The van der Waals surface area contributed by atoms with E-state index in [1.807, 2.05) is 31.2 Å². The van der Waals surface area contributed by atoms with Crippen LogP contribution in [-0.4, -0.2) is 22.7 Å². The third-order valence-electron chi connectivity index (χ3n) is 3.94. The van der Waals surface area contributed by atoms with Gasteiger partial charge in [-0.1, -0.05) is 6.07 Å². The fraction of sp³-hybridized carbons (Fsp3) is 0.200. The number of aliphatic carboxylic acids is 1. The van der Waals surface area contributed by atoms with Gasteiger partial charge in [-0.2, -0.15) is 5.26 Å². The highest BCUT2D eigenvalue weighted by Crippen LogP contribution is 2.27. The van der Waals surface area contributed by atoms with Crippen LogP contribution in [0.3, 0.4) is 0 Å². The molecule has 0 saturated carbocycles. The van der Waals surface area contributed by atoms with Crippen LogP contribution in [0.4, 0.5) is 0 Å². The number of carboxylic acid groups (broad SMARTS) is 1. The van der Waals surface area contributed by atoms with Crippen LogP contribution < -0.4 is 9.46 Å². The van der Waals surface area contributed by atoms with E-state index in [9.17, 15) is 9.35 Å². The second-order valence-corrected chi connectivity index (χ2v) is 7.01. The van der Waals surface area contributed by atoms with Crippen LogP contribution in [-0.2, 0) is 16.2 Å². The second-order valence-electron chi connectivity index (χ2n) is 5.77. The Morgan fingerprint density at radius 2 is 2.00 bits per heavy atom. The number of aryl methyl sites for hydroxylation is 1. The molecule has 0 saturated heterocycles. The summed E-state index contributed by atoms with van der Waals surface area (Å²) in [6, 6.07) is 14.0. The van der Waals surface area contributed by atoms with Gasteiger partial charge in [-0.25, -0.2) is 4.72 Å². The van der Waals surface area contributed by atoms with Crippen molar-refractivity contribution in [2.24, 2.45) is 0 Å². The summed E-state index contributed by atoms with van der Waals surface area (Å²) >= 11 is -1.53. The average Bonchev–Trinajstić information content (AvgIpc) is 2.68. The van der Waals surface area contributed by atoms with Crippen LogP contribution in [0.5, 0.6) is 5.75 Å². The minimum absolute atomic E-state index is 0.0480. The summed E-state index contributed by atoms with van der Waals surface area (Å²) in [5.41, 5.74) is 2.99. The predicted molar refractivity (Wildman–Crippen MR) is 103 cm³/mol. The molecule has 0 aliphatic heterocycles. The van der Waals surface area contributed by atoms with Crippen molar-refractivity contribution in [3.05, 3.63) is 65.4 Å². The molecule has 0 radical (unpaired) electrons. The Labute approximate surface area is 161 Å². The van der Waals surface area contributed by atoms with E-state index in [2.05, 4.69) is 4.72 Å². The topological polar surface area (TPSA) is 105 Å². The van der Waals surface area contributed by atoms with E-state index in [-0.39, 0.29) is 12.8 Å². The number of methoxy groups -OCH3 is 1. The number of nitrogens with zero attached hydrogens (tertiary/aromatic N) is 1. The highest BCUT2D eigenvalue weighted by atomic mass is 32.2. The number of carboxylic acids is 1. The van der Waals surface area contributed by atoms with Crippen molar-refractivity contribution in [2.75, 3.05) is 7.11 Å². The molecule has 0 bridgehead atoms. The zero-order valence-corrected chi connectivity index (χ0v) is 15.9. The molecule has 0 spiro atoms. The first-order valence-electron chi connectivity index (χ1n) is 8.18. The van der Waals surface area contributed by atoms with Gasteiger partial charge in [0.25, 0.3) is 0 Å². The maximum absolute atomic E-state index is 12.5. The van der Waals surface area contributed by atoms with Gasteiger partial charge in [-0.05, 0) is 66.4 Å². The van der Waals surface area contributed by atoms with E-state index < -0.39 is 17.3 Å². The quantitative estimate of drug-likeness (QED) is 0.676. The molecule has 0 amide bonds. The van der Waals surface area contributed by atoms with Gasteiger partial charge in [0.2, 0.25) is 0 Å². The Bertz CT molecular complexity index is 873. The lowest BCUT2D eigenvalue weighted by Crippen LogP contribution is -2.18. The Balaban J connectivity index is 2.27. The van der Waals surface area contributed by atoms with Crippen molar-refractivity contribution in [1.29, 1.82) is 5.26 Å². The van der Waals surface area contributed by atoms with Crippen molar-refractivity contribution >= 4 is 22.9 Å². The molecular formula is C20H20N2O4S. The Morgan fingerprint density at radius 1 is 1.30 bits per heavy atom. The van der Waals surface area contributed by atoms with Crippen molar-refractivity contribution in [2.45, 2.75) is 24.7 Å². The molecule has 2 aromatic carbocycles. The zero-order valence-electron chi connectivity index (χ0n) is 15.1. The molecule has 0 heterocycles. The predicted octanol–water partition coefficient (Wildman–Crippen LogP) is 3.39. The molecule has 7 heteroatoms. The van der Waals surface area contributed by atoms with E-state index >= 15 is 0 Å². The number of carbonyl (C=O) groups is 1. The number of nitriles is 1. The normalized spacial score (nSPS) is 12.1. The van der Waals surface area contributed by atoms with Gasteiger partial charge in [-0.15, -0.1) is 0 Å². The number of rotatable bonds is 8. The largest absolute Gasteiger partial charge is 0.588 e. The number of hydrogen-bond donors (Lipinski definition) is 2. The first-order valence-corrected chi connectivity index (χ1v) is 9.33. The monoisotopic (exact) mass is 384 g/mol. The number of hydrogen-bond acceptors (Lipinski definition) is 5. The highest BCUT2D eigenvalue weighted by molar-refractivity contribution is 7.89. The minimum Gasteiger partial charge on any atom is -0.588 e. The summed E-state index contributed by atoms with van der Waals surface area (Å²) in [5.74, 6) is -0.250. The maximum Gasteiger partial charge on any atom is 0.303 e. The molecule has 2 N–H and O–H groups in total. The molecule has 0 aromatic heterocycles. The molecule has 1 atom stereocenters. The molecule has 0 aliphatic rings. The van der Waals surface area contributed by atoms with Crippen molar-refractivity contribution in [1.82, 2.24) is 4.72 Å². The molecule has 1 unspecified atom stereocenters. The van der Waals surface area contributed by atoms with Crippen LogP contribution in [0.2, 0.25) is 0 Å². The number of ether oxygens (including phenoxy) is 1. The lowest BCUT2D eigenvalue weighted by atomic mass is 9.97. The van der Waals surface area contributed by atoms with Gasteiger partial charge in [0, 0.05) is 12.6 Å². The molecule has 0 fully saturated rings. The molecule has 27 heavy (non-hydrogen) atoms. The van der Waals surface area contributed by atoms with Gasteiger partial charge < -0.3 is 14.4 Å². The van der Waals surface area contributed by atoms with Crippen LogP contribution in [0.15, 0.2) is 53.6 Å². The summed E-state index contributed by atoms with van der Waals surface area (Å²) in [6.45, 7) is 1.92. The number of nitrogens with one attached hydrogen (secondary N) is 1. The maximum atomic E-state index is 12.5. The summed E-state index contributed by atoms with van der Waals surface area (Å²) in [7, 11) is 1.56. The summed E-state index contributed by atoms with van der Waals surface area (Å²) in [5, 5.41) is 17.9.